The first kappa shape index (κ1) is 14.6. The van der Waals surface area contributed by atoms with E-state index in [4.69, 9.17) is 9.15 Å². The lowest BCUT2D eigenvalue weighted by Gasteiger charge is -2.03. The molecule has 0 amide bonds. The summed E-state index contributed by atoms with van der Waals surface area (Å²) in [7, 11) is 1.59. The predicted molar refractivity (Wildman–Crippen MR) is 91.4 cm³/mol. The largest absolute Gasteiger partial charge is 0.496 e. The first-order chi connectivity index (χ1) is 11.7. The van der Waals surface area contributed by atoms with Gasteiger partial charge in [-0.1, -0.05) is 23.5 Å². The zero-order chi connectivity index (χ0) is 16.7. The normalized spacial score (nSPS) is 12.2. The van der Waals surface area contributed by atoms with Gasteiger partial charge in [0.25, 0.3) is 5.56 Å². The summed E-state index contributed by atoms with van der Waals surface area (Å²) in [5.74, 6) is 2.57. The summed E-state index contributed by atoms with van der Waals surface area (Å²) < 4.78 is 12.7. The first-order valence-electron chi connectivity index (χ1n) is 7.27. The van der Waals surface area contributed by atoms with Crippen molar-refractivity contribution in [3.05, 3.63) is 62.8 Å². The van der Waals surface area contributed by atoms with Crippen molar-refractivity contribution in [3.63, 3.8) is 0 Å². The Morgan fingerprint density at radius 2 is 2.08 bits per heavy atom. The molecule has 0 saturated carbocycles. The number of aromatic nitrogens is 3. The molecule has 0 atom stereocenters. The summed E-state index contributed by atoms with van der Waals surface area (Å²) in [4.78, 5) is 17.5. The van der Waals surface area contributed by atoms with Crippen LogP contribution in [0.15, 0.2) is 45.6 Å². The molecule has 0 aliphatic carbocycles. The van der Waals surface area contributed by atoms with Crippen LogP contribution in [0.1, 0.15) is 11.5 Å². The second-order valence-corrected chi connectivity index (χ2v) is 6.20. The number of methoxy groups -OCH3 is 1. The van der Waals surface area contributed by atoms with Crippen LogP contribution in [0.25, 0.3) is 22.4 Å². The van der Waals surface area contributed by atoms with E-state index in [1.165, 1.54) is 15.9 Å². The quantitative estimate of drug-likeness (QED) is 0.573. The first-order valence-corrected chi connectivity index (χ1v) is 8.08. The van der Waals surface area contributed by atoms with Gasteiger partial charge in [0.1, 0.15) is 21.8 Å². The molecule has 4 rings (SSSR count). The van der Waals surface area contributed by atoms with E-state index >= 15 is 0 Å². The number of benzene rings is 1. The van der Waals surface area contributed by atoms with Crippen LogP contribution in [0, 0.1) is 6.92 Å². The molecule has 0 spiro atoms. The maximum Gasteiger partial charge on any atom is 0.291 e. The molecule has 0 fully saturated rings. The average Bonchev–Trinajstić information content (AvgIpc) is 3.26. The number of furan rings is 1. The van der Waals surface area contributed by atoms with E-state index in [-0.39, 0.29) is 5.56 Å². The molecule has 0 aliphatic rings. The van der Waals surface area contributed by atoms with Gasteiger partial charge in [-0.2, -0.15) is 9.50 Å². The lowest BCUT2D eigenvalue weighted by Crippen LogP contribution is -2.23. The van der Waals surface area contributed by atoms with Crippen LogP contribution in [0.5, 0.6) is 5.75 Å². The van der Waals surface area contributed by atoms with Crippen LogP contribution in [-0.4, -0.2) is 21.7 Å². The second kappa shape index (κ2) is 5.61. The van der Waals surface area contributed by atoms with E-state index in [2.05, 4.69) is 10.1 Å². The van der Waals surface area contributed by atoms with Crippen molar-refractivity contribution in [2.75, 3.05) is 7.11 Å². The third-order valence-corrected chi connectivity index (χ3v) is 4.52. The Kier molecular flexibility index (Phi) is 3.42. The minimum absolute atomic E-state index is 0.210. The summed E-state index contributed by atoms with van der Waals surface area (Å²) in [6.45, 7) is 1.86. The molecule has 0 saturated heterocycles. The van der Waals surface area contributed by atoms with Gasteiger partial charge in [-0.3, -0.25) is 4.79 Å². The number of nitrogens with zero attached hydrogens (tertiary/aromatic N) is 3. The van der Waals surface area contributed by atoms with Gasteiger partial charge in [-0.15, -0.1) is 5.10 Å². The maximum atomic E-state index is 12.5. The van der Waals surface area contributed by atoms with Gasteiger partial charge in [0.15, 0.2) is 5.82 Å². The summed E-state index contributed by atoms with van der Waals surface area (Å²) in [6.07, 6.45) is 1.71. The number of para-hydroxylation sites is 1. The minimum atomic E-state index is -0.210. The van der Waals surface area contributed by atoms with Crippen molar-refractivity contribution in [2.24, 2.45) is 0 Å². The highest BCUT2D eigenvalue weighted by molar-refractivity contribution is 7.15. The van der Waals surface area contributed by atoms with E-state index in [1.54, 1.807) is 13.2 Å². The van der Waals surface area contributed by atoms with E-state index in [9.17, 15) is 4.79 Å². The second-order valence-electron chi connectivity index (χ2n) is 5.19. The molecule has 3 heterocycles. The third-order valence-electron chi connectivity index (χ3n) is 3.56. The van der Waals surface area contributed by atoms with Gasteiger partial charge in [0.2, 0.25) is 4.96 Å². The van der Waals surface area contributed by atoms with Gasteiger partial charge < -0.3 is 9.15 Å². The molecule has 0 N–H and O–H groups in total. The highest BCUT2D eigenvalue weighted by Gasteiger charge is 2.15. The number of ether oxygens (including phenoxy) is 1. The van der Waals surface area contributed by atoms with Crippen molar-refractivity contribution in [1.29, 1.82) is 0 Å². The van der Waals surface area contributed by atoms with Crippen LogP contribution in [0.4, 0.5) is 0 Å². The maximum absolute atomic E-state index is 12.5. The fraction of sp³-hybridized carbons (Fsp3) is 0.118. The van der Waals surface area contributed by atoms with Crippen LogP contribution in [0.3, 0.4) is 0 Å². The summed E-state index contributed by atoms with van der Waals surface area (Å²) in [6, 6.07) is 11.1. The van der Waals surface area contributed by atoms with Crippen molar-refractivity contribution < 1.29 is 9.15 Å². The molecule has 0 bridgehead atoms. The number of rotatable bonds is 3. The van der Waals surface area contributed by atoms with Crippen LogP contribution < -0.4 is 14.8 Å². The van der Waals surface area contributed by atoms with Gasteiger partial charge >= 0.3 is 0 Å². The summed E-state index contributed by atoms with van der Waals surface area (Å²) >= 11 is 1.28. The van der Waals surface area contributed by atoms with E-state index in [1.807, 2.05) is 43.3 Å². The molecule has 3 aromatic heterocycles. The van der Waals surface area contributed by atoms with Gasteiger partial charge in [0.05, 0.1) is 12.7 Å². The molecule has 4 aromatic rings. The van der Waals surface area contributed by atoms with Crippen molar-refractivity contribution >= 4 is 22.4 Å². The number of thiazole rings is 1. The van der Waals surface area contributed by atoms with Crippen LogP contribution >= 0.6 is 11.3 Å². The highest BCUT2D eigenvalue weighted by atomic mass is 32.1. The van der Waals surface area contributed by atoms with E-state index in [0.717, 1.165) is 11.3 Å². The zero-order valence-corrected chi connectivity index (χ0v) is 13.8. The molecule has 0 aliphatic heterocycles. The fourth-order valence-electron chi connectivity index (χ4n) is 2.44. The number of hydrogen-bond acceptors (Lipinski definition) is 6. The number of aryl methyl sites for hydroxylation is 1. The number of fused-ring (bicyclic) bond motifs is 1. The lowest BCUT2D eigenvalue weighted by atomic mass is 10.2. The smallest absolute Gasteiger partial charge is 0.291 e. The molecule has 0 radical (unpaired) electrons. The topological polar surface area (TPSA) is 69.6 Å². The summed E-state index contributed by atoms with van der Waals surface area (Å²) in [5.41, 5.74) is 0.542. The predicted octanol–water partition coefficient (Wildman–Crippen LogP) is 2.28. The average molecular weight is 339 g/mol. The Hall–Kier alpha value is -2.93. The van der Waals surface area contributed by atoms with Crippen LogP contribution in [0.2, 0.25) is 0 Å². The van der Waals surface area contributed by atoms with Gasteiger partial charge in [-0.05, 0) is 31.2 Å². The Labute approximate surface area is 140 Å². The van der Waals surface area contributed by atoms with Crippen molar-refractivity contribution in [1.82, 2.24) is 14.6 Å². The molecule has 1 aromatic carbocycles. The highest BCUT2D eigenvalue weighted by Crippen LogP contribution is 2.27. The Morgan fingerprint density at radius 1 is 1.25 bits per heavy atom. The number of hydrogen-bond donors (Lipinski definition) is 0. The van der Waals surface area contributed by atoms with Crippen molar-refractivity contribution in [2.45, 2.75) is 6.92 Å². The van der Waals surface area contributed by atoms with Crippen LogP contribution in [-0.2, 0) is 0 Å². The molecular weight excluding hydrogens is 326 g/mol. The molecule has 6 nitrogen and oxygen atoms in total. The Balaban J connectivity index is 1.84. The molecule has 7 heteroatoms. The molecular formula is C17H13N3O3S. The standard InChI is InChI=1S/C17H13N3O3S/c1-10-7-8-11(23-10)9-14-16(21)20-17(24-14)18-15(19-20)12-5-3-4-6-13(12)22-2/h3-9H,1-2H3/b14-9-. The zero-order valence-electron chi connectivity index (χ0n) is 13.0. The minimum Gasteiger partial charge on any atom is -0.496 e. The monoisotopic (exact) mass is 339 g/mol. The Morgan fingerprint density at radius 3 is 2.79 bits per heavy atom. The molecule has 120 valence electrons. The molecule has 24 heavy (non-hydrogen) atoms. The lowest BCUT2D eigenvalue weighted by molar-refractivity contribution is 0.416. The Bertz CT molecular complexity index is 1140. The van der Waals surface area contributed by atoms with Gasteiger partial charge in [-0.25, -0.2) is 0 Å². The van der Waals surface area contributed by atoms with E-state index < -0.39 is 0 Å². The van der Waals surface area contributed by atoms with E-state index in [0.29, 0.717) is 26.8 Å². The third kappa shape index (κ3) is 2.39. The van der Waals surface area contributed by atoms with Crippen molar-refractivity contribution in [3.8, 4) is 17.1 Å². The summed E-state index contributed by atoms with van der Waals surface area (Å²) in [5, 5.41) is 4.33. The molecule has 0 unspecified atom stereocenters. The fourth-order valence-corrected chi connectivity index (χ4v) is 3.33. The SMILES string of the molecule is COc1ccccc1-c1nc2s/c(=C\c3ccc(C)o3)c(=O)n2n1. The van der Waals surface area contributed by atoms with Gasteiger partial charge in [0, 0.05) is 6.08 Å².